The molecule has 1 aliphatic rings. The van der Waals surface area contributed by atoms with Crippen LogP contribution in [-0.4, -0.2) is 9.97 Å². The van der Waals surface area contributed by atoms with E-state index >= 15 is 0 Å². The monoisotopic (exact) mass is 173 g/mol. The van der Waals surface area contributed by atoms with E-state index in [1.54, 1.807) is 12.4 Å². The van der Waals surface area contributed by atoms with E-state index in [4.69, 9.17) is 0 Å². The molecular formula is C10H11N3. The van der Waals surface area contributed by atoms with Crippen LogP contribution in [0.2, 0.25) is 0 Å². The fraction of sp³-hybridized carbons (Fsp3) is 0.200. The number of nitrogens with one attached hydrogen (secondary N) is 1. The third-order valence-electron chi connectivity index (χ3n) is 2.05. The van der Waals surface area contributed by atoms with Crippen molar-refractivity contribution in [1.82, 2.24) is 15.3 Å². The van der Waals surface area contributed by atoms with Crippen LogP contribution in [0.4, 0.5) is 0 Å². The largest absolute Gasteiger partial charge is 0.376 e. The van der Waals surface area contributed by atoms with Gasteiger partial charge in [0.2, 0.25) is 0 Å². The highest BCUT2D eigenvalue weighted by molar-refractivity contribution is 5.23. The summed E-state index contributed by atoms with van der Waals surface area (Å²) in [5.74, 6) is 0.788. The maximum atomic E-state index is 4.22. The summed E-state index contributed by atoms with van der Waals surface area (Å²) in [7, 11) is 0. The van der Waals surface area contributed by atoms with Gasteiger partial charge in [-0.3, -0.25) is 0 Å². The minimum atomic E-state index is -0.268. The first kappa shape index (κ1) is 7.98. The summed E-state index contributed by atoms with van der Waals surface area (Å²) in [6.07, 6.45) is 11.4. The molecule has 3 nitrogen and oxygen atoms in total. The fourth-order valence-electron chi connectivity index (χ4n) is 1.28. The molecule has 0 saturated carbocycles. The van der Waals surface area contributed by atoms with Crippen molar-refractivity contribution in [2.24, 2.45) is 0 Å². The minimum absolute atomic E-state index is 0.268. The second-order valence-corrected chi connectivity index (χ2v) is 3.14. The maximum Gasteiger partial charge on any atom is 0.157 e. The van der Waals surface area contributed by atoms with Gasteiger partial charge in [0.05, 0.1) is 0 Å². The molecule has 2 heterocycles. The molecule has 0 unspecified atom stereocenters. The Balaban J connectivity index is 2.35. The Morgan fingerprint density at radius 2 is 2.00 bits per heavy atom. The van der Waals surface area contributed by atoms with E-state index in [-0.39, 0.29) is 5.54 Å². The lowest BCUT2D eigenvalue weighted by molar-refractivity contribution is 0.489. The lowest BCUT2D eigenvalue weighted by atomic mass is 9.99. The highest BCUT2D eigenvalue weighted by Crippen LogP contribution is 2.19. The highest BCUT2D eigenvalue weighted by atomic mass is 15.0. The number of hydrogen-bond acceptors (Lipinski definition) is 3. The molecule has 66 valence electrons. The summed E-state index contributed by atoms with van der Waals surface area (Å²) >= 11 is 0. The van der Waals surface area contributed by atoms with Crippen molar-refractivity contribution in [2.45, 2.75) is 12.5 Å². The second-order valence-electron chi connectivity index (χ2n) is 3.14. The quantitative estimate of drug-likeness (QED) is 0.697. The molecule has 1 aromatic heterocycles. The Morgan fingerprint density at radius 3 is 2.62 bits per heavy atom. The summed E-state index contributed by atoms with van der Waals surface area (Å²) in [6, 6.07) is 1.81. The second kappa shape index (κ2) is 3.01. The summed E-state index contributed by atoms with van der Waals surface area (Å²) in [5, 5.41) is 3.22. The molecule has 0 spiro atoms. The first-order valence-electron chi connectivity index (χ1n) is 4.21. The zero-order chi connectivity index (χ0) is 9.15. The van der Waals surface area contributed by atoms with Crippen molar-refractivity contribution in [3.8, 4) is 0 Å². The number of dihydropyridines is 1. The van der Waals surface area contributed by atoms with Crippen LogP contribution in [-0.2, 0) is 5.54 Å². The molecule has 1 N–H and O–H groups in total. The molecule has 0 aliphatic carbocycles. The molecule has 1 aliphatic heterocycles. The molecular weight excluding hydrogens is 162 g/mol. The summed E-state index contributed by atoms with van der Waals surface area (Å²) in [4.78, 5) is 8.43. The van der Waals surface area contributed by atoms with Crippen LogP contribution in [0.25, 0.3) is 0 Å². The predicted molar refractivity (Wildman–Crippen MR) is 50.8 cm³/mol. The van der Waals surface area contributed by atoms with Crippen LogP contribution in [0.5, 0.6) is 0 Å². The third kappa shape index (κ3) is 1.45. The van der Waals surface area contributed by atoms with Gasteiger partial charge in [0, 0.05) is 12.4 Å². The standard InChI is InChI=1S/C10H11N3/c1-10(5-2-3-8-13-10)9-11-6-4-7-12-9/h2-8,13H,1H3/t10-/m0/s1. The zero-order valence-corrected chi connectivity index (χ0v) is 7.44. The van der Waals surface area contributed by atoms with E-state index in [9.17, 15) is 0 Å². The highest BCUT2D eigenvalue weighted by Gasteiger charge is 2.25. The summed E-state index contributed by atoms with van der Waals surface area (Å²) in [6.45, 7) is 2.04. The van der Waals surface area contributed by atoms with E-state index in [1.165, 1.54) is 0 Å². The van der Waals surface area contributed by atoms with Gasteiger partial charge in [-0.05, 0) is 25.3 Å². The van der Waals surface area contributed by atoms with Crippen LogP contribution >= 0.6 is 0 Å². The van der Waals surface area contributed by atoms with Crippen LogP contribution in [0.3, 0.4) is 0 Å². The number of aromatic nitrogens is 2. The maximum absolute atomic E-state index is 4.22. The van der Waals surface area contributed by atoms with Gasteiger partial charge in [-0.1, -0.05) is 12.2 Å². The first-order valence-corrected chi connectivity index (χ1v) is 4.21. The van der Waals surface area contributed by atoms with Gasteiger partial charge in [0.1, 0.15) is 5.54 Å². The van der Waals surface area contributed by atoms with Crippen LogP contribution < -0.4 is 5.32 Å². The third-order valence-corrected chi connectivity index (χ3v) is 2.05. The Hall–Kier alpha value is -1.64. The topological polar surface area (TPSA) is 37.8 Å². The SMILES string of the molecule is C[C@@]1(c2ncccn2)C=CC=CN1. The van der Waals surface area contributed by atoms with E-state index in [0.717, 1.165) is 5.82 Å². The van der Waals surface area contributed by atoms with E-state index < -0.39 is 0 Å². The Labute approximate surface area is 77.2 Å². The van der Waals surface area contributed by atoms with Crippen molar-refractivity contribution in [3.05, 3.63) is 48.7 Å². The molecule has 0 fully saturated rings. The Kier molecular flexibility index (Phi) is 1.85. The summed E-state index contributed by atoms with van der Waals surface area (Å²) < 4.78 is 0. The number of nitrogens with zero attached hydrogens (tertiary/aromatic N) is 2. The number of allylic oxidation sites excluding steroid dienone is 2. The minimum Gasteiger partial charge on any atom is -0.376 e. The smallest absolute Gasteiger partial charge is 0.157 e. The van der Waals surface area contributed by atoms with Gasteiger partial charge >= 0.3 is 0 Å². The van der Waals surface area contributed by atoms with Crippen molar-refractivity contribution in [3.63, 3.8) is 0 Å². The molecule has 3 heteroatoms. The normalized spacial score (nSPS) is 25.6. The number of rotatable bonds is 1. The van der Waals surface area contributed by atoms with Gasteiger partial charge in [-0.25, -0.2) is 9.97 Å². The number of hydrogen-bond donors (Lipinski definition) is 1. The zero-order valence-electron chi connectivity index (χ0n) is 7.44. The molecule has 13 heavy (non-hydrogen) atoms. The molecule has 0 bridgehead atoms. The lowest BCUT2D eigenvalue weighted by Crippen LogP contribution is -2.36. The van der Waals surface area contributed by atoms with Crippen molar-refractivity contribution in [2.75, 3.05) is 0 Å². The van der Waals surface area contributed by atoms with Gasteiger partial charge in [-0.2, -0.15) is 0 Å². The molecule has 0 radical (unpaired) electrons. The lowest BCUT2D eigenvalue weighted by Gasteiger charge is -2.26. The van der Waals surface area contributed by atoms with Gasteiger partial charge in [-0.15, -0.1) is 0 Å². The van der Waals surface area contributed by atoms with Gasteiger partial charge < -0.3 is 5.32 Å². The van der Waals surface area contributed by atoms with Crippen molar-refractivity contribution >= 4 is 0 Å². The molecule has 0 aromatic carbocycles. The fourth-order valence-corrected chi connectivity index (χ4v) is 1.28. The average molecular weight is 173 g/mol. The van der Waals surface area contributed by atoms with Crippen LogP contribution in [0.1, 0.15) is 12.7 Å². The van der Waals surface area contributed by atoms with E-state index in [1.807, 2.05) is 37.4 Å². The molecule has 1 atom stereocenters. The van der Waals surface area contributed by atoms with E-state index in [2.05, 4.69) is 15.3 Å². The molecule has 0 amide bonds. The first-order chi connectivity index (χ1) is 6.31. The van der Waals surface area contributed by atoms with Gasteiger partial charge in [0.25, 0.3) is 0 Å². The average Bonchev–Trinajstić information content (AvgIpc) is 2.20. The predicted octanol–water partition coefficient (Wildman–Crippen LogP) is 1.36. The molecule has 2 rings (SSSR count). The van der Waals surface area contributed by atoms with Gasteiger partial charge in [0.15, 0.2) is 5.82 Å². The molecule has 0 saturated heterocycles. The molecule has 1 aromatic rings. The van der Waals surface area contributed by atoms with Crippen molar-refractivity contribution < 1.29 is 0 Å². The Morgan fingerprint density at radius 1 is 1.23 bits per heavy atom. The summed E-state index contributed by atoms with van der Waals surface area (Å²) in [5.41, 5.74) is -0.268. The Bertz CT molecular complexity index is 342. The van der Waals surface area contributed by atoms with Crippen molar-refractivity contribution in [1.29, 1.82) is 0 Å². The van der Waals surface area contributed by atoms with E-state index in [0.29, 0.717) is 0 Å². The van der Waals surface area contributed by atoms with Crippen LogP contribution in [0, 0.1) is 0 Å². The van der Waals surface area contributed by atoms with Crippen LogP contribution in [0.15, 0.2) is 42.9 Å².